The lowest BCUT2D eigenvalue weighted by molar-refractivity contribution is -0.138. The zero-order valence-corrected chi connectivity index (χ0v) is 8.61. The first-order valence-corrected chi connectivity index (χ1v) is 5.34. The Morgan fingerprint density at radius 2 is 2.47 bits per heavy atom. The largest absolute Gasteiger partial charge is 0.376 e. The van der Waals surface area contributed by atoms with Crippen molar-refractivity contribution in [2.24, 2.45) is 11.7 Å². The molecule has 3 N–H and O–H groups in total. The number of amides is 1. The summed E-state index contributed by atoms with van der Waals surface area (Å²) in [5, 5.41) is 2.83. The van der Waals surface area contributed by atoms with E-state index in [1.165, 1.54) is 0 Å². The highest BCUT2D eigenvalue weighted by Crippen LogP contribution is 2.36. The first kappa shape index (κ1) is 10.5. The average Bonchev–Trinajstić information content (AvgIpc) is 2.26. The monoisotopic (exact) mass is 208 g/mol. The maximum Gasteiger partial charge on any atom is 0.232 e. The second-order valence-electron chi connectivity index (χ2n) is 4.19. The fraction of sp³-hybridized carbons (Fsp3) is 0.727. The van der Waals surface area contributed by atoms with E-state index in [2.05, 4.69) is 11.2 Å². The van der Waals surface area contributed by atoms with Gasteiger partial charge in [0.25, 0.3) is 0 Å². The molecule has 2 fully saturated rings. The van der Waals surface area contributed by atoms with E-state index in [-0.39, 0.29) is 30.5 Å². The molecule has 4 nitrogen and oxygen atoms in total. The number of hydrogen-bond donors (Lipinski definition) is 2. The molecule has 4 atom stereocenters. The van der Waals surface area contributed by atoms with E-state index >= 15 is 0 Å². The van der Waals surface area contributed by atoms with Crippen LogP contribution < -0.4 is 11.1 Å². The number of carbonyl (C=O) groups excluding carboxylic acids is 1. The molecule has 0 aromatic rings. The van der Waals surface area contributed by atoms with Crippen LogP contribution in [0.2, 0.25) is 0 Å². The molecule has 1 aliphatic carbocycles. The van der Waals surface area contributed by atoms with Gasteiger partial charge < -0.3 is 15.8 Å². The molecule has 1 heterocycles. The summed E-state index contributed by atoms with van der Waals surface area (Å²) >= 11 is 0. The molecule has 1 amide bonds. The number of ether oxygens (including phenoxy) is 1. The molecule has 1 saturated heterocycles. The molecule has 0 spiro atoms. The van der Waals surface area contributed by atoms with Gasteiger partial charge in [0.1, 0.15) is 0 Å². The normalized spacial score (nSPS) is 38.4. The van der Waals surface area contributed by atoms with E-state index < -0.39 is 0 Å². The fourth-order valence-electron chi connectivity index (χ4n) is 2.46. The Balaban J connectivity index is 1.88. The van der Waals surface area contributed by atoms with Gasteiger partial charge in [-0.3, -0.25) is 4.79 Å². The lowest BCUT2D eigenvalue weighted by atomic mass is 9.68. The first-order chi connectivity index (χ1) is 7.24. The van der Waals surface area contributed by atoms with Gasteiger partial charge in [0.2, 0.25) is 5.91 Å². The Hall–Kier alpha value is -1.05. The lowest BCUT2D eigenvalue weighted by Gasteiger charge is -2.52. The standard InChI is InChI=1S/C11H16N2O2/c1-2-4-8(14)13-10-9(12)7-5-3-6-15-11(7)10/h1,7,9-11H,3-6,12H2,(H,13,14). The Bertz CT molecular complexity index is 297. The maximum atomic E-state index is 11.3. The number of nitrogens with two attached hydrogens (primary N) is 1. The van der Waals surface area contributed by atoms with Crippen LogP contribution >= 0.6 is 0 Å². The highest BCUT2D eigenvalue weighted by atomic mass is 16.5. The van der Waals surface area contributed by atoms with Gasteiger partial charge in [0.15, 0.2) is 0 Å². The van der Waals surface area contributed by atoms with Gasteiger partial charge in [0, 0.05) is 18.6 Å². The summed E-state index contributed by atoms with van der Waals surface area (Å²) in [5.74, 6) is 2.59. The molecule has 1 saturated carbocycles. The van der Waals surface area contributed by atoms with Crippen LogP contribution in [0.25, 0.3) is 0 Å². The summed E-state index contributed by atoms with van der Waals surface area (Å²) < 4.78 is 5.59. The van der Waals surface area contributed by atoms with Crippen molar-refractivity contribution >= 4 is 5.91 Å². The molecule has 0 aromatic heterocycles. The van der Waals surface area contributed by atoms with Crippen LogP contribution in [0.4, 0.5) is 0 Å². The minimum atomic E-state index is -0.134. The summed E-state index contributed by atoms with van der Waals surface area (Å²) in [6, 6.07) is -0.0202. The number of hydrogen-bond acceptors (Lipinski definition) is 3. The maximum absolute atomic E-state index is 11.3. The molecule has 4 heteroatoms. The number of nitrogens with one attached hydrogen (secondary N) is 1. The third-order valence-corrected chi connectivity index (χ3v) is 3.27. The highest BCUT2D eigenvalue weighted by Gasteiger charge is 2.50. The number of fused-ring (bicyclic) bond motifs is 1. The molecule has 0 bridgehead atoms. The third-order valence-electron chi connectivity index (χ3n) is 3.27. The second kappa shape index (κ2) is 4.21. The van der Waals surface area contributed by atoms with Gasteiger partial charge in [-0.05, 0) is 12.8 Å². The Labute approximate surface area is 89.5 Å². The summed E-state index contributed by atoms with van der Waals surface area (Å²) in [6.07, 6.45) is 7.45. The molecule has 2 rings (SSSR count). The number of terminal acetylenes is 1. The van der Waals surface area contributed by atoms with E-state index in [1.54, 1.807) is 0 Å². The average molecular weight is 208 g/mol. The van der Waals surface area contributed by atoms with Crippen LogP contribution in [0, 0.1) is 18.3 Å². The summed E-state index contributed by atoms with van der Waals surface area (Å²) in [7, 11) is 0. The van der Waals surface area contributed by atoms with Gasteiger partial charge in [-0.15, -0.1) is 6.42 Å². The summed E-state index contributed by atoms with van der Waals surface area (Å²) in [6.45, 7) is 0.773. The Kier molecular flexibility index (Phi) is 2.94. The predicted octanol–water partition coefficient (Wildman–Crippen LogP) is -0.369. The molecule has 4 unspecified atom stereocenters. The van der Waals surface area contributed by atoms with E-state index in [0.717, 1.165) is 19.4 Å². The molecular formula is C11H16N2O2. The molecule has 1 aliphatic heterocycles. The number of rotatable bonds is 2. The Morgan fingerprint density at radius 3 is 3.20 bits per heavy atom. The van der Waals surface area contributed by atoms with Crippen molar-refractivity contribution in [2.75, 3.05) is 6.61 Å². The minimum Gasteiger partial charge on any atom is -0.376 e. The lowest BCUT2D eigenvalue weighted by Crippen LogP contribution is -2.72. The van der Waals surface area contributed by atoms with Crippen LogP contribution in [-0.2, 0) is 9.53 Å². The third kappa shape index (κ3) is 1.85. The van der Waals surface area contributed by atoms with Gasteiger partial charge in [-0.2, -0.15) is 0 Å². The van der Waals surface area contributed by atoms with Gasteiger partial charge in [-0.25, -0.2) is 0 Å². The zero-order chi connectivity index (χ0) is 10.8. The zero-order valence-electron chi connectivity index (χ0n) is 8.61. The van der Waals surface area contributed by atoms with Crippen molar-refractivity contribution < 1.29 is 9.53 Å². The van der Waals surface area contributed by atoms with Crippen LogP contribution in [-0.4, -0.2) is 30.7 Å². The second-order valence-corrected chi connectivity index (χ2v) is 4.19. The van der Waals surface area contributed by atoms with Crippen molar-refractivity contribution in [2.45, 2.75) is 37.5 Å². The number of carbonyl (C=O) groups is 1. The topological polar surface area (TPSA) is 64.4 Å². The molecule has 0 aromatic carbocycles. The van der Waals surface area contributed by atoms with Gasteiger partial charge in [-0.1, -0.05) is 5.92 Å². The van der Waals surface area contributed by atoms with Gasteiger partial charge in [0.05, 0.1) is 18.6 Å². The van der Waals surface area contributed by atoms with E-state index in [4.69, 9.17) is 16.9 Å². The van der Waals surface area contributed by atoms with E-state index in [9.17, 15) is 4.79 Å². The molecule has 15 heavy (non-hydrogen) atoms. The smallest absolute Gasteiger partial charge is 0.232 e. The SMILES string of the molecule is C#CCC(=O)NC1C(N)C2CCCOC21. The van der Waals surface area contributed by atoms with Crippen LogP contribution in [0.1, 0.15) is 19.3 Å². The molecule has 82 valence electrons. The van der Waals surface area contributed by atoms with E-state index in [1.807, 2.05) is 0 Å². The quantitative estimate of drug-likeness (QED) is 0.609. The van der Waals surface area contributed by atoms with Crippen LogP contribution in [0.15, 0.2) is 0 Å². The van der Waals surface area contributed by atoms with Crippen LogP contribution in [0.5, 0.6) is 0 Å². The van der Waals surface area contributed by atoms with Crippen molar-refractivity contribution in [1.82, 2.24) is 5.32 Å². The molecule has 0 radical (unpaired) electrons. The Morgan fingerprint density at radius 1 is 1.67 bits per heavy atom. The minimum absolute atomic E-state index is 0.0250. The molecule has 2 aliphatic rings. The summed E-state index contributed by atoms with van der Waals surface area (Å²) in [5.41, 5.74) is 5.98. The van der Waals surface area contributed by atoms with Crippen molar-refractivity contribution in [3.63, 3.8) is 0 Å². The fourth-order valence-corrected chi connectivity index (χ4v) is 2.46. The predicted molar refractivity (Wildman–Crippen MR) is 55.8 cm³/mol. The van der Waals surface area contributed by atoms with Crippen LogP contribution in [0.3, 0.4) is 0 Å². The van der Waals surface area contributed by atoms with E-state index in [0.29, 0.717) is 5.92 Å². The van der Waals surface area contributed by atoms with Crippen molar-refractivity contribution in [1.29, 1.82) is 0 Å². The summed E-state index contributed by atoms with van der Waals surface area (Å²) in [4.78, 5) is 11.3. The van der Waals surface area contributed by atoms with Gasteiger partial charge >= 0.3 is 0 Å². The molecular weight excluding hydrogens is 192 g/mol. The first-order valence-electron chi connectivity index (χ1n) is 5.34. The highest BCUT2D eigenvalue weighted by molar-refractivity contribution is 5.79. The van der Waals surface area contributed by atoms with Crippen molar-refractivity contribution in [3.05, 3.63) is 0 Å². The van der Waals surface area contributed by atoms with Crippen molar-refractivity contribution in [3.8, 4) is 12.3 Å².